The summed E-state index contributed by atoms with van der Waals surface area (Å²) in [5.74, 6) is -1.65. The third-order valence-electron chi connectivity index (χ3n) is 8.02. The van der Waals surface area contributed by atoms with Crippen molar-refractivity contribution in [3.63, 3.8) is 0 Å². The summed E-state index contributed by atoms with van der Waals surface area (Å²) >= 11 is 0. The molecule has 1 aliphatic carbocycles. The first-order valence-corrected chi connectivity index (χ1v) is 11.1. The lowest BCUT2D eigenvalue weighted by Gasteiger charge is -2.46. The Balaban J connectivity index is 1.97. The van der Waals surface area contributed by atoms with Crippen LogP contribution in [0, 0.1) is 33.6 Å². The highest BCUT2D eigenvalue weighted by molar-refractivity contribution is 6.09. The van der Waals surface area contributed by atoms with Crippen molar-refractivity contribution in [1.82, 2.24) is 4.90 Å². The Labute approximate surface area is 188 Å². The number of rotatable bonds is 3. The molecule has 1 heterocycles. The maximum atomic E-state index is 13.3. The number of piperidine rings is 1. The first-order valence-electron chi connectivity index (χ1n) is 11.1. The van der Waals surface area contributed by atoms with Crippen LogP contribution in [-0.2, 0) is 10.2 Å². The van der Waals surface area contributed by atoms with Crippen LogP contribution in [0.25, 0.3) is 0 Å². The lowest BCUT2D eigenvalue weighted by Crippen LogP contribution is -2.53. The zero-order valence-corrected chi connectivity index (χ0v) is 19.1. The summed E-state index contributed by atoms with van der Waals surface area (Å²) in [6, 6.07) is 9.17. The zero-order chi connectivity index (χ0) is 23.4. The van der Waals surface area contributed by atoms with Crippen LogP contribution in [0.2, 0.25) is 0 Å². The fourth-order valence-electron chi connectivity index (χ4n) is 6.09. The molecule has 1 saturated heterocycles. The minimum Gasteiger partial charge on any atom is -0.481 e. The highest BCUT2D eigenvalue weighted by atomic mass is 16.4. The minimum atomic E-state index is -1.33. The maximum Gasteiger partial charge on any atom is 0.314 e. The number of aliphatic carboxylic acids is 1. The van der Waals surface area contributed by atoms with E-state index in [9.17, 15) is 19.5 Å². The summed E-state index contributed by atoms with van der Waals surface area (Å²) in [6.07, 6.45) is 0.416. The number of ketones is 1. The molecule has 0 aromatic heterocycles. The molecule has 0 radical (unpaired) electrons. The average Bonchev–Trinajstić information content (AvgIpc) is 3.10. The molecule has 3 atom stereocenters. The molecule has 1 aliphatic heterocycles. The van der Waals surface area contributed by atoms with Gasteiger partial charge in [0.1, 0.15) is 5.41 Å². The number of hydrogen-bond acceptors (Lipinski definition) is 3. The molecule has 0 bridgehead atoms. The largest absolute Gasteiger partial charge is 0.481 e. The topological polar surface area (TPSA) is 101 Å². The number of hydrogen-bond donors (Lipinski definition) is 2. The van der Waals surface area contributed by atoms with Crippen molar-refractivity contribution >= 4 is 17.8 Å². The Morgan fingerprint density at radius 2 is 1.66 bits per heavy atom. The number of nitrogens with two attached hydrogens (primary N) is 1. The third-order valence-corrected chi connectivity index (χ3v) is 8.02. The molecule has 2 aromatic carbocycles. The molecule has 6 nitrogen and oxygen atoms in total. The molecule has 6 heteroatoms. The number of carbonyl (C=O) groups excluding carboxylic acids is 2. The predicted octanol–water partition coefficient (Wildman–Crippen LogP) is 4.01. The van der Waals surface area contributed by atoms with E-state index in [2.05, 4.69) is 0 Å². The van der Waals surface area contributed by atoms with Gasteiger partial charge in [-0.1, -0.05) is 30.3 Å². The van der Waals surface area contributed by atoms with Crippen LogP contribution in [0.3, 0.4) is 0 Å². The van der Waals surface area contributed by atoms with E-state index in [4.69, 9.17) is 5.73 Å². The zero-order valence-electron chi connectivity index (χ0n) is 19.1. The van der Waals surface area contributed by atoms with Crippen molar-refractivity contribution < 1.29 is 19.5 Å². The number of amides is 2. The number of carbonyl (C=O) groups is 3. The van der Waals surface area contributed by atoms with Gasteiger partial charge in [0.15, 0.2) is 5.78 Å². The van der Waals surface area contributed by atoms with Gasteiger partial charge >= 0.3 is 12.0 Å². The van der Waals surface area contributed by atoms with Crippen LogP contribution in [0.4, 0.5) is 4.79 Å². The summed E-state index contributed by atoms with van der Waals surface area (Å²) < 4.78 is 0. The molecule has 168 valence electrons. The molecule has 3 unspecified atom stereocenters. The van der Waals surface area contributed by atoms with E-state index in [0.29, 0.717) is 30.6 Å². The van der Waals surface area contributed by atoms with Crippen LogP contribution >= 0.6 is 0 Å². The molecule has 0 spiro atoms. The summed E-state index contributed by atoms with van der Waals surface area (Å²) in [7, 11) is 0. The van der Waals surface area contributed by atoms with E-state index in [1.165, 1.54) is 0 Å². The SMILES string of the molecule is Cc1c(C)c(C)c2c(c1C)C(=O)CC2(C(=O)O)C1CCN(C(N)=O)CC1c1ccccc1. The van der Waals surface area contributed by atoms with Gasteiger partial charge in [0, 0.05) is 31.0 Å². The molecule has 2 amide bonds. The third kappa shape index (κ3) is 3.04. The average molecular weight is 435 g/mol. The van der Waals surface area contributed by atoms with Crippen molar-refractivity contribution in [2.75, 3.05) is 13.1 Å². The van der Waals surface area contributed by atoms with Crippen LogP contribution in [0.15, 0.2) is 30.3 Å². The van der Waals surface area contributed by atoms with Gasteiger partial charge in [-0.3, -0.25) is 9.59 Å². The summed E-state index contributed by atoms with van der Waals surface area (Å²) in [5.41, 5.74) is 10.3. The monoisotopic (exact) mass is 434 g/mol. The molecule has 0 saturated carbocycles. The number of primary amides is 1. The van der Waals surface area contributed by atoms with Gasteiger partial charge in [-0.15, -0.1) is 0 Å². The summed E-state index contributed by atoms with van der Waals surface area (Å²) in [4.78, 5) is 40.0. The van der Waals surface area contributed by atoms with Crippen molar-refractivity contribution in [2.24, 2.45) is 11.7 Å². The molecule has 2 aromatic rings. The Hall–Kier alpha value is -3.15. The first kappa shape index (κ1) is 22.1. The molecular formula is C26H30N2O4. The van der Waals surface area contributed by atoms with Gasteiger partial charge in [-0.25, -0.2) is 4.79 Å². The minimum absolute atomic E-state index is 0.0488. The Bertz CT molecular complexity index is 1120. The Morgan fingerprint density at radius 3 is 2.25 bits per heavy atom. The number of carboxylic acids is 1. The molecule has 2 aliphatic rings. The van der Waals surface area contributed by atoms with Crippen LogP contribution in [-0.4, -0.2) is 40.9 Å². The van der Waals surface area contributed by atoms with Gasteiger partial charge in [0.25, 0.3) is 0 Å². The van der Waals surface area contributed by atoms with Crippen LogP contribution < -0.4 is 5.73 Å². The number of nitrogens with zero attached hydrogens (tertiary/aromatic N) is 1. The van der Waals surface area contributed by atoms with Gasteiger partial charge < -0.3 is 15.7 Å². The van der Waals surface area contributed by atoms with Gasteiger partial charge in [0.2, 0.25) is 0 Å². The first-order chi connectivity index (χ1) is 15.1. The summed E-state index contributed by atoms with van der Waals surface area (Å²) in [5, 5.41) is 10.7. The number of benzene rings is 2. The van der Waals surface area contributed by atoms with E-state index in [0.717, 1.165) is 27.8 Å². The van der Waals surface area contributed by atoms with Crippen LogP contribution in [0.5, 0.6) is 0 Å². The van der Waals surface area contributed by atoms with E-state index < -0.39 is 17.4 Å². The van der Waals surface area contributed by atoms with Crippen molar-refractivity contribution in [3.8, 4) is 0 Å². The van der Waals surface area contributed by atoms with Crippen LogP contribution in [0.1, 0.15) is 62.5 Å². The van der Waals surface area contributed by atoms with E-state index in [1.54, 1.807) is 4.90 Å². The standard InChI is InChI=1S/C26H30N2O4/c1-14-15(2)17(4)23-22(16(14)3)21(29)12-26(23,24(30)31)20-10-11-28(25(27)32)13-19(20)18-8-6-5-7-9-18/h5-9,19-20H,10-13H2,1-4H3,(H2,27,32)(H,30,31). The highest BCUT2D eigenvalue weighted by Gasteiger charge is 2.59. The van der Waals surface area contributed by atoms with E-state index in [-0.39, 0.29) is 24.0 Å². The number of urea groups is 1. The lowest BCUT2D eigenvalue weighted by atomic mass is 9.60. The van der Waals surface area contributed by atoms with Gasteiger partial charge in [-0.05, 0) is 73.4 Å². The Morgan fingerprint density at radius 1 is 1.03 bits per heavy atom. The predicted molar refractivity (Wildman–Crippen MR) is 122 cm³/mol. The Kier molecular flexibility index (Phi) is 5.35. The van der Waals surface area contributed by atoms with Crippen molar-refractivity contribution in [2.45, 2.75) is 51.9 Å². The number of carboxylic acid groups (broad SMARTS) is 1. The fraction of sp³-hybridized carbons (Fsp3) is 0.423. The van der Waals surface area contributed by atoms with E-state index in [1.807, 2.05) is 58.0 Å². The van der Waals surface area contributed by atoms with E-state index >= 15 is 0 Å². The smallest absolute Gasteiger partial charge is 0.314 e. The maximum absolute atomic E-state index is 13.3. The molecular weight excluding hydrogens is 404 g/mol. The second kappa shape index (κ2) is 7.76. The lowest BCUT2D eigenvalue weighted by molar-refractivity contribution is -0.147. The molecule has 4 rings (SSSR count). The quantitative estimate of drug-likeness (QED) is 0.762. The number of fused-ring (bicyclic) bond motifs is 1. The second-order valence-electron chi connectivity index (χ2n) is 9.32. The second-order valence-corrected chi connectivity index (χ2v) is 9.32. The molecule has 32 heavy (non-hydrogen) atoms. The molecule has 1 fully saturated rings. The van der Waals surface area contributed by atoms with Crippen molar-refractivity contribution in [1.29, 1.82) is 0 Å². The summed E-state index contributed by atoms with van der Waals surface area (Å²) in [6.45, 7) is 8.56. The normalized spacial score (nSPS) is 25.0. The van der Waals surface area contributed by atoms with Gasteiger partial charge in [-0.2, -0.15) is 0 Å². The molecule has 3 N–H and O–H groups in total. The number of likely N-dealkylation sites (tertiary alicyclic amines) is 1. The van der Waals surface area contributed by atoms with Gasteiger partial charge in [0.05, 0.1) is 0 Å². The fourth-order valence-corrected chi connectivity index (χ4v) is 6.09. The highest BCUT2D eigenvalue weighted by Crippen LogP contribution is 2.54. The van der Waals surface area contributed by atoms with Crippen molar-refractivity contribution in [3.05, 3.63) is 69.3 Å². The number of Topliss-reactive ketones (excluding diaryl/α,β-unsaturated/α-hetero) is 1.